The van der Waals surface area contributed by atoms with Crippen molar-refractivity contribution < 1.29 is 14.3 Å². The highest BCUT2D eigenvalue weighted by molar-refractivity contribution is 6.09. The maximum atomic E-state index is 12.6. The molecule has 1 aromatic carbocycles. The molecule has 1 aromatic rings. The number of hydrogen-bond acceptors (Lipinski definition) is 3. The Morgan fingerprint density at radius 2 is 2.05 bits per heavy atom. The molecule has 1 saturated heterocycles. The molecule has 1 unspecified atom stereocenters. The maximum Gasteiger partial charge on any atom is 0.326 e. The molecule has 102 valence electrons. The molecule has 1 aliphatic rings. The van der Waals surface area contributed by atoms with Crippen molar-refractivity contribution in [3.8, 4) is 0 Å². The van der Waals surface area contributed by atoms with Crippen molar-refractivity contribution in [2.45, 2.75) is 25.2 Å². The first-order chi connectivity index (χ1) is 9.13. The molecule has 1 fully saturated rings. The van der Waals surface area contributed by atoms with E-state index in [2.05, 4.69) is 0 Å². The van der Waals surface area contributed by atoms with E-state index in [0.717, 1.165) is 12.0 Å². The largest absolute Gasteiger partial charge is 0.465 e. The summed E-state index contributed by atoms with van der Waals surface area (Å²) in [5, 5.41) is 0. The second-order valence-corrected chi connectivity index (χ2v) is 4.82. The van der Waals surface area contributed by atoms with E-state index in [1.807, 2.05) is 30.3 Å². The van der Waals surface area contributed by atoms with Gasteiger partial charge in [0.15, 0.2) is 5.41 Å². The Labute approximate surface area is 113 Å². The summed E-state index contributed by atoms with van der Waals surface area (Å²) in [6, 6.07) is 9.22. The summed E-state index contributed by atoms with van der Waals surface area (Å²) in [5.74, 6) is -0.596. The van der Waals surface area contributed by atoms with Crippen molar-refractivity contribution in [3.05, 3.63) is 35.9 Å². The first kappa shape index (κ1) is 13.6. The topological polar surface area (TPSA) is 46.6 Å². The van der Waals surface area contributed by atoms with Crippen molar-refractivity contribution in [1.29, 1.82) is 0 Å². The molecule has 4 nitrogen and oxygen atoms in total. The van der Waals surface area contributed by atoms with Gasteiger partial charge in [0.05, 0.1) is 6.61 Å². The molecule has 0 spiro atoms. The van der Waals surface area contributed by atoms with Crippen molar-refractivity contribution >= 4 is 11.9 Å². The van der Waals surface area contributed by atoms with Crippen LogP contribution in [-0.2, 0) is 19.7 Å². The minimum Gasteiger partial charge on any atom is -0.465 e. The molecular formula is C15H19NO3. The normalized spacial score (nSPS) is 23.3. The van der Waals surface area contributed by atoms with E-state index in [-0.39, 0.29) is 12.5 Å². The van der Waals surface area contributed by atoms with E-state index in [1.165, 1.54) is 0 Å². The average molecular weight is 261 g/mol. The zero-order chi connectivity index (χ0) is 13.9. The van der Waals surface area contributed by atoms with Gasteiger partial charge in [-0.05, 0) is 25.3 Å². The highest BCUT2D eigenvalue weighted by Crippen LogP contribution is 2.36. The summed E-state index contributed by atoms with van der Waals surface area (Å²) in [5.41, 5.74) is -0.436. The molecule has 1 amide bonds. The summed E-state index contributed by atoms with van der Waals surface area (Å²) in [6.45, 7) is 2.73. The monoisotopic (exact) mass is 261 g/mol. The van der Waals surface area contributed by atoms with Gasteiger partial charge >= 0.3 is 5.97 Å². The molecule has 0 radical (unpaired) electrons. The van der Waals surface area contributed by atoms with Gasteiger partial charge in [-0.15, -0.1) is 0 Å². The van der Waals surface area contributed by atoms with E-state index in [9.17, 15) is 9.59 Å². The van der Waals surface area contributed by atoms with Gasteiger partial charge in [0.2, 0.25) is 5.91 Å². The lowest BCUT2D eigenvalue weighted by Gasteiger charge is -2.38. The number of benzene rings is 1. The molecule has 0 N–H and O–H groups in total. The Morgan fingerprint density at radius 3 is 2.68 bits per heavy atom. The number of likely N-dealkylation sites (N-methyl/N-ethyl adjacent to an activating group) is 1. The molecule has 0 aromatic heterocycles. The zero-order valence-electron chi connectivity index (χ0n) is 11.4. The van der Waals surface area contributed by atoms with Crippen LogP contribution < -0.4 is 0 Å². The number of likely N-dealkylation sites (tertiary alicyclic amines) is 1. The van der Waals surface area contributed by atoms with Crippen LogP contribution in [0.4, 0.5) is 0 Å². The lowest BCUT2D eigenvalue weighted by atomic mass is 9.73. The Kier molecular flexibility index (Phi) is 3.88. The van der Waals surface area contributed by atoms with Crippen LogP contribution in [0.2, 0.25) is 0 Å². The second kappa shape index (κ2) is 5.43. The highest BCUT2D eigenvalue weighted by Gasteiger charge is 2.51. The zero-order valence-corrected chi connectivity index (χ0v) is 11.4. The molecule has 1 atom stereocenters. The number of piperidine rings is 1. The van der Waals surface area contributed by atoms with Gasteiger partial charge in [0, 0.05) is 13.6 Å². The van der Waals surface area contributed by atoms with Crippen LogP contribution in [0.5, 0.6) is 0 Å². The molecule has 0 bridgehead atoms. The maximum absolute atomic E-state index is 12.6. The minimum atomic E-state index is -1.16. The second-order valence-electron chi connectivity index (χ2n) is 4.82. The molecule has 1 heterocycles. The molecule has 19 heavy (non-hydrogen) atoms. The Balaban J connectivity index is 2.50. The fourth-order valence-corrected chi connectivity index (χ4v) is 2.67. The van der Waals surface area contributed by atoms with Crippen LogP contribution in [0.15, 0.2) is 30.3 Å². The average Bonchev–Trinajstić information content (AvgIpc) is 2.43. The van der Waals surface area contributed by atoms with Gasteiger partial charge in [-0.1, -0.05) is 30.3 Å². The number of hydrogen-bond donors (Lipinski definition) is 0. The number of amides is 1. The molecule has 2 rings (SSSR count). The summed E-state index contributed by atoms with van der Waals surface area (Å²) in [4.78, 5) is 26.6. The molecular weight excluding hydrogens is 242 g/mol. The SMILES string of the molecule is CCOC(=O)C1(c2ccccc2)CCCN(C)C1=O. The lowest BCUT2D eigenvalue weighted by molar-refractivity contribution is -0.160. The fraction of sp³-hybridized carbons (Fsp3) is 0.467. The van der Waals surface area contributed by atoms with Gasteiger partial charge in [-0.2, -0.15) is 0 Å². The van der Waals surface area contributed by atoms with Crippen molar-refractivity contribution in [2.75, 3.05) is 20.2 Å². The van der Waals surface area contributed by atoms with Gasteiger partial charge in [0.1, 0.15) is 0 Å². The third-order valence-electron chi connectivity index (χ3n) is 3.65. The third kappa shape index (κ3) is 2.23. The highest BCUT2D eigenvalue weighted by atomic mass is 16.5. The standard InChI is InChI=1S/C15H19NO3/c1-3-19-14(18)15(12-8-5-4-6-9-12)10-7-11-16(2)13(15)17/h4-6,8-9H,3,7,10-11H2,1-2H3. The number of ether oxygens (including phenoxy) is 1. The van der Waals surface area contributed by atoms with E-state index >= 15 is 0 Å². The van der Waals surface area contributed by atoms with Crippen molar-refractivity contribution in [2.24, 2.45) is 0 Å². The Bertz CT molecular complexity index is 472. The van der Waals surface area contributed by atoms with Gasteiger partial charge in [-0.25, -0.2) is 0 Å². The Hall–Kier alpha value is -1.84. The first-order valence-electron chi connectivity index (χ1n) is 6.61. The van der Waals surface area contributed by atoms with Gasteiger partial charge in [-0.3, -0.25) is 9.59 Å². The summed E-state index contributed by atoms with van der Waals surface area (Å²) >= 11 is 0. The molecule has 4 heteroatoms. The number of carbonyl (C=O) groups is 2. The third-order valence-corrected chi connectivity index (χ3v) is 3.65. The van der Waals surface area contributed by atoms with E-state index in [0.29, 0.717) is 13.0 Å². The molecule has 0 saturated carbocycles. The van der Waals surface area contributed by atoms with Crippen molar-refractivity contribution in [3.63, 3.8) is 0 Å². The van der Waals surface area contributed by atoms with Crippen LogP contribution in [0.3, 0.4) is 0 Å². The lowest BCUT2D eigenvalue weighted by Crippen LogP contribution is -2.55. The number of esters is 1. The van der Waals surface area contributed by atoms with E-state index in [1.54, 1.807) is 18.9 Å². The predicted octanol–water partition coefficient (Wildman–Crippen LogP) is 1.74. The summed E-state index contributed by atoms with van der Waals surface area (Å²) < 4.78 is 5.17. The van der Waals surface area contributed by atoms with Crippen LogP contribution in [0.1, 0.15) is 25.3 Å². The van der Waals surface area contributed by atoms with Crippen LogP contribution in [0.25, 0.3) is 0 Å². The fourth-order valence-electron chi connectivity index (χ4n) is 2.67. The summed E-state index contributed by atoms with van der Waals surface area (Å²) in [7, 11) is 1.73. The molecule has 1 aliphatic heterocycles. The number of nitrogens with zero attached hydrogens (tertiary/aromatic N) is 1. The van der Waals surface area contributed by atoms with Crippen LogP contribution >= 0.6 is 0 Å². The number of rotatable bonds is 3. The van der Waals surface area contributed by atoms with Crippen LogP contribution in [-0.4, -0.2) is 37.0 Å². The van der Waals surface area contributed by atoms with Gasteiger partial charge < -0.3 is 9.64 Å². The molecule has 0 aliphatic carbocycles. The number of carbonyl (C=O) groups excluding carboxylic acids is 2. The van der Waals surface area contributed by atoms with E-state index in [4.69, 9.17) is 4.74 Å². The minimum absolute atomic E-state index is 0.164. The smallest absolute Gasteiger partial charge is 0.326 e. The summed E-state index contributed by atoms with van der Waals surface area (Å²) in [6.07, 6.45) is 1.31. The van der Waals surface area contributed by atoms with Gasteiger partial charge in [0.25, 0.3) is 0 Å². The Morgan fingerprint density at radius 1 is 1.37 bits per heavy atom. The van der Waals surface area contributed by atoms with E-state index < -0.39 is 11.4 Å². The predicted molar refractivity (Wildman–Crippen MR) is 71.6 cm³/mol. The quantitative estimate of drug-likeness (QED) is 0.615. The van der Waals surface area contributed by atoms with Crippen molar-refractivity contribution in [1.82, 2.24) is 4.90 Å². The van der Waals surface area contributed by atoms with Crippen LogP contribution in [0, 0.1) is 0 Å². The first-order valence-corrected chi connectivity index (χ1v) is 6.61.